The molecule has 0 saturated carbocycles. The lowest BCUT2D eigenvalue weighted by atomic mass is 10.2. The van der Waals surface area contributed by atoms with Crippen molar-refractivity contribution in [1.82, 2.24) is 20.0 Å². The number of hydrogen-bond acceptors (Lipinski definition) is 3. The second-order valence-electron chi connectivity index (χ2n) is 4.82. The molecule has 1 aromatic heterocycles. The van der Waals surface area contributed by atoms with E-state index in [2.05, 4.69) is 42.3 Å². The van der Waals surface area contributed by atoms with Gasteiger partial charge in [0, 0.05) is 32.9 Å². The Bertz CT molecular complexity index is 293. The third-order valence-corrected chi connectivity index (χ3v) is 2.42. The van der Waals surface area contributed by atoms with Crippen LogP contribution in [0.25, 0.3) is 0 Å². The molecule has 0 aliphatic heterocycles. The van der Waals surface area contributed by atoms with Crippen molar-refractivity contribution in [3.8, 4) is 0 Å². The van der Waals surface area contributed by atoms with E-state index < -0.39 is 0 Å². The van der Waals surface area contributed by atoms with E-state index in [-0.39, 0.29) is 0 Å². The van der Waals surface area contributed by atoms with Gasteiger partial charge in [0.15, 0.2) is 0 Å². The highest BCUT2D eigenvalue weighted by Gasteiger charge is 2.02. The lowest BCUT2D eigenvalue weighted by molar-refractivity contribution is 0.317. The maximum Gasteiger partial charge on any atom is 0.0764 e. The van der Waals surface area contributed by atoms with Crippen LogP contribution in [0, 0.1) is 5.92 Å². The van der Waals surface area contributed by atoms with Crippen LogP contribution in [0.1, 0.15) is 19.5 Å². The van der Waals surface area contributed by atoms with Gasteiger partial charge in [-0.2, -0.15) is 5.10 Å². The Hall–Kier alpha value is -0.870. The van der Waals surface area contributed by atoms with Gasteiger partial charge < -0.3 is 5.32 Å². The summed E-state index contributed by atoms with van der Waals surface area (Å²) in [7, 11) is 4.08. The summed E-state index contributed by atoms with van der Waals surface area (Å²) >= 11 is 0. The molecule has 0 spiro atoms. The number of nitrogens with one attached hydrogen (secondary N) is 1. The minimum absolute atomic E-state index is 0.723. The smallest absolute Gasteiger partial charge is 0.0764 e. The van der Waals surface area contributed by atoms with E-state index in [1.165, 1.54) is 0 Å². The summed E-state index contributed by atoms with van der Waals surface area (Å²) in [5, 5.41) is 7.80. The molecule has 16 heavy (non-hydrogen) atoms. The maximum atomic E-state index is 4.36. The molecule has 0 radical (unpaired) electrons. The monoisotopic (exact) mass is 224 g/mol. The van der Waals surface area contributed by atoms with E-state index in [1.54, 1.807) is 0 Å². The van der Waals surface area contributed by atoms with Crippen molar-refractivity contribution >= 4 is 0 Å². The van der Waals surface area contributed by atoms with Gasteiger partial charge in [-0.1, -0.05) is 13.8 Å². The van der Waals surface area contributed by atoms with Crippen LogP contribution < -0.4 is 5.32 Å². The first kappa shape index (κ1) is 13.2. The van der Waals surface area contributed by atoms with Crippen molar-refractivity contribution in [3.05, 3.63) is 18.0 Å². The first-order chi connectivity index (χ1) is 7.58. The molecule has 0 aliphatic carbocycles. The summed E-state index contributed by atoms with van der Waals surface area (Å²) in [6.45, 7) is 8.57. The molecule has 0 unspecified atom stereocenters. The first-order valence-electron chi connectivity index (χ1n) is 5.95. The Labute approximate surface area is 98.6 Å². The van der Waals surface area contributed by atoms with Crippen molar-refractivity contribution < 1.29 is 0 Å². The van der Waals surface area contributed by atoms with Gasteiger partial charge in [-0.25, -0.2) is 0 Å². The van der Waals surface area contributed by atoms with Gasteiger partial charge >= 0.3 is 0 Å². The molecule has 0 saturated heterocycles. The van der Waals surface area contributed by atoms with E-state index in [1.807, 2.05) is 17.9 Å². The molecular weight excluding hydrogens is 200 g/mol. The molecule has 0 aromatic carbocycles. The average molecular weight is 224 g/mol. The zero-order valence-electron chi connectivity index (χ0n) is 10.9. The molecule has 4 nitrogen and oxygen atoms in total. The van der Waals surface area contributed by atoms with E-state index in [0.717, 1.165) is 37.8 Å². The minimum atomic E-state index is 0.723. The van der Waals surface area contributed by atoms with E-state index in [9.17, 15) is 0 Å². The van der Waals surface area contributed by atoms with Crippen molar-refractivity contribution in [3.63, 3.8) is 0 Å². The number of nitrogens with zero attached hydrogens (tertiary/aromatic N) is 3. The SMILES string of the molecule is CC(C)CNCCN(C)Cc1ccn(C)n1. The van der Waals surface area contributed by atoms with Gasteiger partial charge in [-0.15, -0.1) is 0 Å². The Morgan fingerprint density at radius 2 is 2.25 bits per heavy atom. The van der Waals surface area contributed by atoms with Gasteiger partial charge in [-0.05, 0) is 25.6 Å². The quantitative estimate of drug-likeness (QED) is 0.704. The molecule has 0 aliphatic rings. The fourth-order valence-electron chi connectivity index (χ4n) is 1.56. The molecule has 1 aromatic rings. The van der Waals surface area contributed by atoms with Crippen molar-refractivity contribution in [2.75, 3.05) is 26.7 Å². The molecular formula is C12H24N4. The second-order valence-corrected chi connectivity index (χ2v) is 4.82. The molecule has 0 atom stereocenters. The third-order valence-electron chi connectivity index (χ3n) is 2.42. The lowest BCUT2D eigenvalue weighted by Crippen LogP contribution is -2.31. The van der Waals surface area contributed by atoms with Crippen LogP contribution in [0.5, 0.6) is 0 Å². The van der Waals surface area contributed by atoms with E-state index in [0.29, 0.717) is 0 Å². The van der Waals surface area contributed by atoms with Gasteiger partial charge in [0.25, 0.3) is 0 Å². The molecule has 1 rings (SSSR count). The van der Waals surface area contributed by atoms with Crippen molar-refractivity contribution in [1.29, 1.82) is 0 Å². The van der Waals surface area contributed by atoms with Crippen LogP contribution in [0.15, 0.2) is 12.3 Å². The van der Waals surface area contributed by atoms with Crippen molar-refractivity contribution in [2.45, 2.75) is 20.4 Å². The normalized spacial score (nSPS) is 11.6. The summed E-state index contributed by atoms with van der Waals surface area (Å²) in [6.07, 6.45) is 1.99. The second kappa shape index (κ2) is 6.66. The fourth-order valence-corrected chi connectivity index (χ4v) is 1.56. The highest BCUT2D eigenvalue weighted by Crippen LogP contribution is 1.98. The van der Waals surface area contributed by atoms with Gasteiger partial charge in [0.2, 0.25) is 0 Å². The molecule has 1 N–H and O–H groups in total. The van der Waals surface area contributed by atoms with Crippen LogP contribution >= 0.6 is 0 Å². The average Bonchev–Trinajstić information content (AvgIpc) is 2.58. The highest BCUT2D eigenvalue weighted by molar-refractivity contribution is 4.98. The summed E-state index contributed by atoms with van der Waals surface area (Å²) in [6, 6.07) is 2.07. The molecule has 0 bridgehead atoms. The number of likely N-dealkylation sites (N-methyl/N-ethyl adjacent to an activating group) is 1. The Morgan fingerprint density at radius 1 is 1.50 bits per heavy atom. The van der Waals surface area contributed by atoms with E-state index >= 15 is 0 Å². The standard InChI is InChI=1S/C12H24N4/c1-11(2)9-13-6-8-15(3)10-12-5-7-16(4)14-12/h5,7,11,13H,6,8-10H2,1-4H3. The van der Waals surface area contributed by atoms with Crippen LogP contribution in [0.2, 0.25) is 0 Å². The topological polar surface area (TPSA) is 33.1 Å². The minimum Gasteiger partial charge on any atom is -0.315 e. The number of aryl methyl sites for hydroxylation is 1. The zero-order chi connectivity index (χ0) is 12.0. The van der Waals surface area contributed by atoms with Crippen molar-refractivity contribution in [2.24, 2.45) is 13.0 Å². The molecule has 4 heteroatoms. The number of rotatable bonds is 7. The Balaban J connectivity index is 2.13. The van der Waals surface area contributed by atoms with Crippen LogP contribution in [0.3, 0.4) is 0 Å². The maximum absolute atomic E-state index is 4.36. The van der Waals surface area contributed by atoms with E-state index in [4.69, 9.17) is 0 Å². The summed E-state index contributed by atoms with van der Waals surface area (Å²) < 4.78 is 1.85. The molecule has 0 amide bonds. The Kier molecular flexibility index (Phi) is 5.49. The third kappa shape index (κ3) is 5.28. The van der Waals surface area contributed by atoms with Crippen LogP contribution in [-0.4, -0.2) is 41.4 Å². The Morgan fingerprint density at radius 3 is 2.81 bits per heavy atom. The summed E-state index contributed by atoms with van der Waals surface area (Å²) in [5.41, 5.74) is 1.13. The first-order valence-corrected chi connectivity index (χ1v) is 5.95. The van der Waals surface area contributed by atoms with Gasteiger partial charge in [0.05, 0.1) is 5.69 Å². The lowest BCUT2D eigenvalue weighted by Gasteiger charge is -2.16. The summed E-state index contributed by atoms with van der Waals surface area (Å²) in [4.78, 5) is 2.29. The molecule has 92 valence electrons. The fraction of sp³-hybridized carbons (Fsp3) is 0.750. The van der Waals surface area contributed by atoms with Crippen LogP contribution in [0.4, 0.5) is 0 Å². The molecule has 1 heterocycles. The zero-order valence-corrected chi connectivity index (χ0v) is 10.9. The van der Waals surface area contributed by atoms with Gasteiger partial charge in [-0.3, -0.25) is 9.58 Å². The largest absolute Gasteiger partial charge is 0.315 e. The molecule has 0 fully saturated rings. The number of aromatic nitrogens is 2. The van der Waals surface area contributed by atoms with Gasteiger partial charge in [0.1, 0.15) is 0 Å². The predicted molar refractivity (Wildman–Crippen MR) is 67.2 cm³/mol. The van der Waals surface area contributed by atoms with Crippen LogP contribution in [-0.2, 0) is 13.6 Å². The number of hydrogen-bond donors (Lipinski definition) is 1. The predicted octanol–water partition coefficient (Wildman–Crippen LogP) is 1.10. The highest BCUT2D eigenvalue weighted by atomic mass is 15.3. The summed E-state index contributed by atoms with van der Waals surface area (Å²) in [5.74, 6) is 0.723.